The summed E-state index contributed by atoms with van der Waals surface area (Å²) in [4.78, 5) is 10.8. The molecule has 0 aromatic heterocycles. The Balaban J connectivity index is 2.98. The zero-order valence-corrected chi connectivity index (χ0v) is 7.70. The highest BCUT2D eigenvalue weighted by Crippen LogP contribution is 2.18. The molecular formula is C10H12NO2. The molecule has 0 saturated heterocycles. The molecule has 1 rings (SSSR count). The predicted molar refractivity (Wildman–Crippen MR) is 49.6 cm³/mol. The minimum absolute atomic E-state index is 0.0144. The van der Waals surface area contributed by atoms with Crippen molar-refractivity contribution in [1.29, 1.82) is 0 Å². The second kappa shape index (κ2) is 3.94. The van der Waals surface area contributed by atoms with Crippen LogP contribution in [0.2, 0.25) is 0 Å². The number of hydrogen-bond donors (Lipinski definition) is 0. The zero-order chi connectivity index (χ0) is 9.84. The fourth-order valence-corrected chi connectivity index (χ4v) is 1.01. The first kappa shape index (κ1) is 9.58. The van der Waals surface area contributed by atoms with Gasteiger partial charge >= 0.3 is 0 Å². The fourth-order valence-electron chi connectivity index (χ4n) is 1.01. The second-order valence-corrected chi connectivity index (χ2v) is 2.99. The third-order valence-corrected chi connectivity index (χ3v) is 1.49. The summed E-state index contributed by atoms with van der Waals surface area (Å²) in [6.45, 7) is 3.76. The lowest BCUT2D eigenvalue weighted by molar-refractivity contribution is 0.0986. The van der Waals surface area contributed by atoms with Gasteiger partial charge in [0, 0.05) is 0 Å². The Labute approximate surface area is 77.5 Å². The normalized spacial score (nSPS) is 10.1. The molecule has 0 aliphatic heterocycles. The molecule has 0 aliphatic rings. The van der Waals surface area contributed by atoms with Gasteiger partial charge in [-0.15, -0.1) is 0 Å². The van der Waals surface area contributed by atoms with E-state index in [1.54, 1.807) is 24.3 Å². The van der Waals surface area contributed by atoms with Crippen molar-refractivity contribution in [2.24, 2.45) is 0 Å². The van der Waals surface area contributed by atoms with Crippen LogP contribution in [0, 0.1) is 0 Å². The van der Waals surface area contributed by atoms with Crippen LogP contribution in [0.5, 0.6) is 5.75 Å². The molecule has 1 aromatic carbocycles. The number of amides is 1. The van der Waals surface area contributed by atoms with Gasteiger partial charge in [-0.2, -0.15) is 0 Å². The fraction of sp³-hybridized carbons (Fsp3) is 0.300. The Morgan fingerprint density at radius 3 is 2.54 bits per heavy atom. The molecule has 69 valence electrons. The highest BCUT2D eigenvalue weighted by Gasteiger charge is 2.09. The van der Waals surface area contributed by atoms with Crippen molar-refractivity contribution in [3.05, 3.63) is 29.8 Å². The van der Waals surface area contributed by atoms with Gasteiger partial charge < -0.3 is 4.74 Å². The van der Waals surface area contributed by atoms with Crippen LogP contribution in [0.15, 0.2) is 24.3 Å². The van der Waals surface area contributed by atoms with Crippen molar-refractivity contribution in [1.82, 2.24) is 5.73 Å². The molecule has 0 bridgehead atoms. The van der Waals surface area contributed by atoms with Crippen LogP contribution >= 0.6 is 0 Å². The van der Waals surface area contributed by atoms with E-state index in [2.05, 4.69) is 0 Å². The average molecular weight is 178 g/mol. The zero-order valence-electron chi connectivity index (χ0n) is 7.70. The van der Waals surface area contributed by atoms with Gasteiger partial charge in [-0.3, -0.25) is 10.5 Å². The molecule has 0 atom stereocenters. The monoisotopic (exact) mass is 178 g/mol. The number of para-hydroxylation sites is 1. The van der Waals surface area contributed by atoms with Crippen molar-refractivity contribution in [2.45, 2.75) is 20.0 Å². The van der Waals surface area contributed by atoms with Gasteiger partial charge in [0.05, 0.1) is 11.7 Å². The molecule has 0 fully saturated rings. The predicted octanol–water partition coefficient (Wildman–Crippen LogP) is 1.90. The van der Waals surface area contributed by atoms with Crippen LogP contribution in [-0.2, 0) is 0 Å². The molecule has 1 amide bonds. The highest BCUT2D eigenvalue weighted by atomic mass is 16.5. The second-order valence-electron chi connectivity index (χ2n) is 2.99. The number of rotatable bonds is 3. The standard InChI is InChI=1S/C10H12NO2/c1-7(2)13-9-6-4-3-5-8(9)10(11)12/h3-7,11H,1-2H3. The summed E-state index contributed by atoms with van der Waals surface area (Å²) < 4.78 is 5.37. The van der Waals surface area contributed by atoms with Gasteiger partial charge in [0.2, 0.25) is 0 Å². The Morgan fingerprint density at radius 1 is 1.38 bits per heavy atom. The van der Waals surface area contributed by atoms with Crippen molar-refractivity contribution >= 4 is 5.91 Å². The number of nitrogens with one attached hydrogen (secondary N) is 1. The van der Waals surface area contributed by atoms with Crippen LogP contribution < -0.4 is 10.5 Å². The smallest absolute Gasteiger partial charge is 0.273 e. The number of carbonyl (C=O) groups excluding carboxylic acids is 1. The van der Waals surface area contributed by atoms with Gasteiger partial charge in [0.1, 0.15) is 5.75 Å². The molecule has 1 N–H and O–H groups in total. The minimum Gasteiger partial charge on any atom is -0.490 e. The van der Waals surface area contributed by atoms with E-state index in [-0.39, 0.29) is 6.10 Å². The topological polar surface area (TPSA) is 50.1 Å². The lowest BCUT2D eigenvalue weighted by Gasteiger charge is -2.11. The van der Waals surface area contributed by atoms with Crippen LogP contribution in [0.4, 0.5) is 0 Å². The van der Waals surface area contributed by atoms with Crippen molar-refractivity contribution in [2.75, 3.05) is 0 Å². The SMILES string of the molecule is CC(C)Oc1ccccc1C([NH])=O. The highest BCUT2D eigenvalue weighted by molar-refractivity contribution is 5.94. The van der Waals surface area contributed by atoms with Gasteiger partial charge in [0.15, 0.2) is 0 Å². The lowest BCUT2D eigenvalue weighted by Crippen LogP contribution is -2.10. The summed E-state index contributed by atoms with van der Waals surface area (Å²) >= 11 is 0. The van der Waals surface area contributed by atoms with E-state index in [9.17, 15) is 4.79 Å². The number of hydrogen-bond acceptors (Lipinski definition) is 2. The molecule has 0 aliphatic carbocycles. The van der Waals surface area contributed by atoms with E-state index in [0.29, 0.717) is 11.3 Å². The van der Waals surface area contributed by atoms with E-state index >= 15 is 0 Å². The summed E-state index contributed by atoms with van der Waals surface area (Å²) in [6.07, 6.45) is 0.0144. The summed E-state index contributed by atoms with van der Waals surface area (Å²) in [5, 5.41) is 0. The van der Waals surface area contributed by atoms with Crippen LogP contribution in [-0.4, -0.2) is 12.0 Å². The third-order valence-electron chi connectivity index (χ3n) is 1.49. The van der Waals surface area contributed by atoms with Crippen LogP contribution in [0.1, 0.15) is 24.2 Å². The summed E-state index contributed by atoms with van der Waals surface area (Å²) in [5.41, 5.74) is 7.30. The first-order chi connectivity index (χ1) is 6.11. The maximum atomic E-state index is 10.8. The molecule has 0 spiro atoms. The van der Waals surface area contributed by atoms with Crippen molar-refractivity contribution in [3.8, 4) is 5.75 Å². The Morgan fingerprint density at radius 2 is 2.00 bits per heavy atom. The molecule has 0 unspecified atom stereocenters. The van der Waals surface area contributed by atoms with E-state index in [1.807, 2.05) is 13.8 Å². The molecule has 1 radical (unpaired) electrons. The first-order valence-corrected chi connectivity index (χ1v) is 4.13. The Bertz CT molecular complexity index is 308. The van der Waals surface area contributed by atoms with Gasteiger partial charge in [-0.05, 0) is 26.0 Å². The van der Waals surface area contributed by atoms with Crippen molar-refractivity contribution < 1.29 is 9.53 Å². The van der Waals surface area contributed by atoms with E-state index in [1.165, 1.54) is 0 Å². The molecule has 13 heavy (non-hydrogen) atoms. The molecule has 3 nitrogen and oxygen atoms in total. The van der Waals surface area contributed by atoms with Gasteiger partial charge in [0.25, 0.3) is 5.91 Å². The first-order valence-electron chi connectivity index (χ1n) is 4.13. The Hall–Kier alpha value is -1.51. The molecule has 3 heteroatoms. The van der Waals surface area contributed by atoms with E-state index in [4.69, 9.17) is 10.5 Å². The molecule has 0 heterocycles. The third kappa shape index (κ3) is 2.47. The minimum atomic E-state index is -0.712. The lowest BCUT2D eigenvalue weighted by atomic mass is 10.2. The van der Waals surface area contributed by atoms with E-state index < -0.39 is 5.91 Å². The average Bonchev–Trinajstić information content (AvgIpc) is 2.03. The van der Waals surface area contributed by atoms with Crippen molar-refractivity contribution in [3.63, 3.8) is 0 Å². The largest absolute Gasteiger partial charge is 0.490 e. The van der Waals surface area contributed by atoms with E-state index in [0.717, 1.165) is 0 Å². The summed E-state index contributed by atoms with van der Waals surface area (Å²) in [7, 11) is 0. The molecule has 1 aromatic rings. The number of carbonyl (C=O) groups is 1. The van der Waals surface area contributed by atoms with Crippen LogP contribution in [0.3, 0.4) is 0 Å². The van der Waals surface area contributed by atoms with Gasteiger partial charge in [-0.25, -0.2) is 0 Å². The van der Waals surface area contributed by atoms with Gasteiger partial charge in [-0.1, -0.05) is 12.1 Å². The molecule has 0 saturated carbocycles. The summed E-state index contributed by atoms with van der Waals surface area (Å²) in [6, 6.07) is 6.79. The number of ether oxygens (including phenoxy) is 1. The maximum Gasteiger partial charge on any atom is 0.273 e. The summed E-state index contributed by atoms with van der Waals surface area (Å²) in [5.74, 6) is -0.228. The van der Waals surface area contributed by atoms with Crippen LogP contribution in [0.25, 0.3) is 0 Å². The quantitative estimate of drug-likeness (QED) is 0.709. The molecular weight excluding hydrogens is 166 g/mol. The maximum absolute atomic E-state index is 10.8. The number of benzene rings is 1. The Kier molecular flexibility index (Phi) is 2.90.